The molecule has 0 aromatic heterocycles. The van der Waals surface area contributed by atoms with Crippen molar-refractivity contribution in [3.63, 3.8) is 0 Å². The maximum absolute atomic E-state index is 12.2. The average molecular weight is 465 g/mol. The zero-order valence-corrected chi connectivity index (χ0v) is 16.0. The van der Waals surface area contributed by atoms with Crippen LogP contribution in [0.1, 0.15) is 31.1 Å². The molecule has 0 saturated carbocycles. The highest BCUT2D eigenvalue weighted by molar-refractivity contribution is 14.1. The molecule has 1 aliphatic heterocycles. The Kier molecular flexibility index (Phi) is 4.82. The summed E-state index contributed by atoms with van der Waals surface area (Å²) >= 11 is 7.22. The molecule has 2 aromatic carbocycles. The molecule has 2 N–H and O–H groups in total. The van der Waals surface area contributed by atoms with Crippen molar-refractivity contribution >= 4 is 63.3 Å². The lowest BCUT2D eigenvalue weighted by atomic mass is 10.1. The lowest BCUT2D eigenvalue weighted by Crippen LogP contribution is -2.34. The lowest BCUT2D eigenvalue weighted by Gasteiger charge is -2.11. The van der Waals surface area contributed by atoms with Crippen LogP contribution in [0.3, 0.4) is 0 Å². The third kappa shape index (κ3) is 3.40. The van der Waals surface area contributed by atoms with E-state index in [0.29, 0.717) is 22.4 Å². The second-order valence-electron chi connectivity index (χ2n) is 5.32. The predicted molar refractivity (Wildman–Crippen MR) is 106 cm³/mol. The van der Waals surface area contributed by atoms with E-state index in [2.05, 4.69) is 33.2 Å². The Hall–Kier alpha value is -2.33. The first kappa shape index (κ1) is 17.5. The molecule has 0 unspecified atom stereocenters. The van der Waals surface area contributed by atoms with E-state index in [9.17, 15) is 14.4 Å². The zero-order valence-electron chi connectivity index (χ0n) is 13.0. The van der Waals surface area contributed by atoms with Crippen LogP contribution >= 0.6 is 34.8 Å². The van der Waals surface area contributed by atoms with Crippen LogP contribution in [0.2, 0.25) is 0 Å². The van der Waals surface area contributed by atoms with Gasteiger partial charge in [-0.05, 0) is 65.1 Å². The normalized spacial score (nSPS) is 12.8. The van der Waals surface area contributed by atoms with E-state index in [1.807, 2.05) is 12.1 Å². The first-order chi connectivity index (χ1) is 11.9. The molecule has 0 bridgehead atoms. The van der Waals surface area contributed by atoms with Crippen LogP contribution in [0.25, 0.3) is 0 Å². The number of carbonyl (C=O) groups is 3. The van der Waals surface area contributed by atoms with Crippen LogP contribution in [-0.2, 0) is 0 Å². The maximum atomic E-state index is 12.2. The van der Waals surface area contributed by atoms with Gasteiger partial charge in [-0.2, -0.15) is 0 Å². The number of halogens is 1. The highest BCUT2D eigenvalue weighted by Gasteiger charge is 2.32. The number of benzene rings is 2. The highest BCUT2D eigenvalue weighted by Crippen LogP contribution is 2.24. The molecule has 1 heterocycles. The van der Waals surface area contributed by atoms with Crippen molar-refractivity contribution in [3.05, 3.63) is 62.7 Å². The van der Waals surface area contributed by atoms with E-state index >= 15 is 0 Å². The smallest absolute Gasteiger partial charge is 0.261 e. The van der Waals surface area contributed by atoms with Crippen LogP contribution < -0.4 is 10.6 Å². The Morgan fingerprint density at radius 1 is 1.08 bits per heavy atom. The van der Waals surface area contributed by atoms with Crippen molar-refractivity contribution in [1.29, 1.82) is 0 Å². The molecule has 25 heavy (non-hydrogen) atoms. The molecule has 0 radical (unpaired) electrons. The van der Waals surface area contributed by atoms with Crippen molar-refractivity contribution in [3.8, 4) is 0 Å². The van der Waals surface area contributed by atoms with E-state index in [-0.39, 0.29) is 22.8 Å². The molecule has 2 aromatic rings. The number of carbonyl (C=O) groups excluding carboxylic acids is 3. The number of imide groups is 1. The second kappa shape index (κ2) is 6.89. The number of hydrogen-bond acceptors (Lipinski definition) is 4. The number of hydrogen-bond donors (Lipinski definition) is 2. The largest absolute Gasteiger partial charge is 0.332 e. The van der Waals surface area contributed by atoms with Crippen LogP contribution in [0.4, 0.5) is 5.69 Å². The minimum absolute atomic E-state index is 0.106. The van der Waals surface area contributed by atoms with Crippen molar-refractivity contribution in [2.75, 3.05) is 12.4 Å². The molecular formula is C17H12IN3O3S. The predicted octanol–water partition coefficient (Wildman–Crippen LogP) is 2.64. The van der Waals surface area contributed by atoms with E-state index in [1.165, 1.54) is 7.05 Å². The molecule has 8 heteroatoms. The van der Waals surface area contributed by atoms with Gasteiger partial charge in [0.15, 0.2) is 5.11 Å². The van der Waals surface area contributed by atoms with Gasteiger partial charge in [-0.15, -0.1) is 0 Å². The Morgan fingerprint density at radius 3 is 2.48 bits per heavy atom. The number of nitrogens with one attached hydrogen (secondary N) is 2. The van der Waals surface area contributed by atoms with Gasteiger partial charge in [0.2, 0.25) is 0 Å². The summed E-state index contributed by atoms with van der Waals surface area (Å²) in [5.41, 5.74) is 1.70. The van der Waals surface area contributed by atoms with Crippen LogP contribution in [-0.4, -0.2) is 34.8 Å². The Bertz CT molecular complexity index is 929. The number of thiocarbonyl (C=S) groups is 1. The summed E-state index contributed by atoms with van der Waals surface area (Å²) in [5, 5.41) is 5.56. The SMILES string of the molecule is CN1C(=O)c2ccc(NC(=S)NC(=O)c3ccccc3I)cc2C1=O. The molecule has 6 nitrogen and oxygen atoms in total. The highest BCUT2D eigenvalue weighted by atomic mass is 127. The summed E-state index contributed by atoms with van der Waals surface area (Å²) in [5.74, 6) is -1.02. The lowest BCUT2D eigenvalue weighted by molar-refractivity contribution is 0.0692. The Labute approximate surface area is 162 Å². The quantitative estimate of drug-likeness (QED) is 0.405. The van der Waals surface area contributed by atoms with Gasteiger partial charge in [0.25, 0.3) is 17.7 Å². The summed E-state index contributed by atoms with van der Waals surface area (Å²) in [7, 11) is 1.43. The fourth-order valence-electron chi connectivity index (χ4n) is 2.42. The minimum Gasteiger partial charge on any atom is -0.332 e. The van der Waals surface area contributed by atoms with E-state index in [4.69, 9.17) is 12.2 Å². The third-order valence-electron chi connectivity index (χ3n) is 3.69. The fourth-order valence-corrected chi connectivity index (χ4v) is 3.26. The summed E-state index contributed by atoms with van der Waals surface area (Å²) in [6, 6.07) is 11.9. The molecule has 0 saturated heterocycles. The monoisotopic (exact) mass is 465 g/mol. The van der Waals surface area contributed by atoms with Gasteiger partial charge in [0.1, 0.15) is 0 Å². The molecule has 3 amide bonds. The number of amides is 3. The summed E-state index contributed by atoms with van der Waals surface area (Å²) in [6.07, 6.45) is 0. The summed E-state index contributed by atoms with van der Waals surface area (Å²) < 4.78 is 0.810. The first-order valence-corrected chi connectivity index (χ1v) is 8.70. The van der Waals surface area contributed by atoms with E-state index in [0.717, 1.165) is 8.47 Å². The molecule has 0 aliphatic carbocycles. The van der Waals surface area contributed by atoms with Crippen molar-refractivity contribution < 1.29 is 14.4 Å². The van der Waals surface area contributed by atoms with Gasteiger partial charge in [0, 0.05) is 16.3 Å². The van der Waals surface area contributed by atoms with Gasteiger partial charge in [-0.3, -0.25) is 24.6 Å². The Balaban J connectivity index is 1.73. The molecule has 1 aliphatic rings. The standard InChI is InChI=1S/C17H12IN3O3S/c1-21-15(23)10-7-6-9(8-12(10)16(21)24)19-17(25)20-14(22)11-4-2-3-5-13(11)18/h2-8H,1H3,(H2,19,20,22,25). The van der Waals surface area contributed by atoms with Crippen LogP contribution in [0.5, 0.6) is 0 Å². The van der Waals surface area contributed by atoms with Crippen LogP contribution in [0, 0.1) is 3.57 Å². The number of fused-ring (bicyclic) bond motifs is 1. The fraction of sp³-hybridized carbons (Fsp3) is 0.0588. The van der Waals surface area contributed by atoms with Crippen molar-refractivity contribution in [2.45, 2.75) is 0 Å². The van der Waals surface area contributed by atoms with Gasteiger partial charge in [0.05, 0.1) is 16.7 Å². The number of anilines is 1. The van der Waals surface area contributed by atoms with Gasteiger partial charge in [-0.25, -0.2) is 0 Å². The molecule has 0 fully saturated rings. The van der Waals surface area contributed by atoms with Gasteiger partial charge in [-0.1, -0.05) is 12.1 Å². The topological polar surface area (TPSA) is 78.5 Å². The summed E-state index contributed by atoms with van der Waals surface area (Å²) in [4.78, 5) is 37.2. The van der Waals surface area contributed by atoms with E-state index in [1.54, 1.807) is 30.3 Å². The van der Waals surface area contributed by atoms with Crippen molar-refractivity contribution in [1.82, 2.24) is 10.2 Å². The van der Waals surface area contributed by atoms with Crippen molar-refractivity contribution in [2.24, 2.45) is 0 Å². The van der Waals surface area contributed by atoms with Crippen LogP contribution in [0.15, 0.2) is 42.5 Å². The van der Waals surface area contributed by atoms with Gasteiger partial charge >= 0.3 is 0 Å². The van der Waals surface area contributed by atoms with Gasteiger partial charge < -0.3 is 5.32 Å². The zero-order chi connectivity index (χ0) is 18.1. The molecule has 0 atom stereocenters. The van der Waals surface area contributed by atoms with E-state index < -0.39 is 0 Å². The third-order valence-corrected chi connectivity index (χ3v) is 4.84. The molecule has 126 valence electrons. The molecule has 0 spiro atoms. The maximum Gasteiger partial charge on any atom is 0.261 e. The minimum atomic E-state index is -0.363. The summed E-state index contributed by atoms with van der Waals surface area (Å²) in [6.45, 7) is 0. The second-order valence-corrected chi connectivity index (χ2v) is 6.89. The number of rotatable bonds is 2. The Morgan fingerprint density at radius 2 is 1.76 bits per heavy atom. The molecular weight excluding hydrogens is 453 g/mol. The average Bonchev–Trinajstić information content (AvgIpc) is 2.79. The molecule has 3 rings (SSSR count). The number of nitrogens with zero attached hydrogens (tertiary/aromatic N) is 1. The first-order valence-electron chi connectivity index (χ1n) is 7.22.